The fraction of sp³-hybridized carbons (Fsp3) is 0.444. The Hall–Kier alpha value is -1.69. The Morgan fingerprint density at radius 2 is 2.53 bits per heavy atom. The van der Waals surface area contributed by atoms with Crippen molar-refractivity contribution in [3.05, 3.63) is 24.5 Å². The van der Waals surface area contributed by atoms with Crippen LogP contribution in [0.2, 0.25) is 0 Å². The van der Waals surface area contributed by atoms with E-state index in [-0.39, 0.29) is 5.91 Å². The third-order valence-corrected chi connectivity index (χ3v) is 1.81. The number of amides is 1. The van der Waals surface area contributed by atoms with Gasteiger partial charge in [0.25, 0.3) is 0 Å². The van der Waals surface area contributed by atoms with Crippen LogP contribution in [0.15, 0.2) is 18.9 Å². The molecule has 0 spiro atoms. The lowest BCUT2D eigenvalue weighted by Gasteiger charge is -1.97. The zero-order chi connectivity index (χ0) is 11.1. The molecule has 1 amide bonds. The van der Waals surface area contributed by atoms with Crippen molar-refractivity contribution in [1.82, 2.24) is 20.3 Å². The molecule has 0 bridgehead atoms. The second-order valence-corrected chi connectivity index (χ2v) is 3.04. The number of rotatable bonds is 6. The summed E-state index contributed by atoms with van der Waals surface area (Å²) in [6.45, 7) is 5.10. The molecule has 0 saturated carbocycles. The Bertz CT molecular complexity index is 333. The van der Waals surface area contributed by atoms with Crippen LogP contribution in [0.5, 0.6) is 0 Å². The molecule has 0 radical (unpaired) electrons. The molecule has 1 rings (SSSR count). The van der Waals surface area contributed by atoms with E-state index in [0.29, 0.717) is 13.1 Å². The van der Waals surface area contributed by atoms with Crippen molar-refractivity contribution >= 4 is 5.91 Å². The molecule has 1 aromatic heterocycles. The molecule has 0 unspecified atom stereocenters. The van der Waals surface area contributed by atoms with Gasteiger partial charge in [0.05, 0.1) is 12.7 Å². The van der Waals surface area contributed by atoms with Gasteiger partial charge in [0.15, 0.2) is 0 Å². The van der Waals surface area contributed by atoms with Crippen LogP contribution in [0.1, 0.15) is 12.1 Å². The minimum atomic E-state index is -0.216. The summed E-state index contributed by atoms with van der Waals surface area (Å²) in [4.78, 5) is 10.9. The van der Waals surface area contributed by atoms with Crippen LogP contribution < -0.4 is 11.1 Å². The van der Waals surface area contributed by atoms with E-state index in [9.17, 15) is 4.79 Å². The number of aromatic nitrogens is 3. The first-order valence-corrected chi connectivity index (χ1v) is 4.75. The first-order valence-electron chi connectivity index (χ1n) is 4.75. The molecule has 0 saturated heterocycles. The van der Waals surface area contributed by atoms with Crippen molar-refractivity contribution in [2.45, 2.75) is 19.5 Å². The molecule has 1 heterocycles. The third kappa shape index (κ3) is 3.90. The van der Waals surface area contributed by atoms with Crippen molar-refractivity contribution in [1.29, 1.82) is 0 Å². The molecule has 0 aromatic carbocycles. The van der Waals surface area contributed by atoms with Gasteiger partial charge in [-0.2, -0.15) is 0 Å². The van der Waals surface area contributed by atoms with Gasteiger partial charge in [-0.25, -0.2) is 0 Å². The summed E-state index contributed by atoms with van der Waals surface area (Å²) in [5, 5.41) is 10.4. The van der Waals surface area contributed by atoms with Crippen molar-refractivity contribution in [2.75, 3.05) is 6.54 Å². The number of nitrogens with two attached hydrogens (primary N) is 1. The summed E-state index contributed by atoms with van der Waals surface area (Å²) in [5.74, 6) is -0.216. The highest BCUT2D eigenvalue weighted by molar-refractivity contribution is 5.86. The van der Waals surface area contributed by atoms with Gasteiger partial charge < -0.3 is 11.1 Å². The molecule has 3 N–H and O–H groups in total. The number of nitrogens with one attached hydrogen (secondary N) is 1. The maximum atomic E-state index is 10.9. The topological polar surface area (TPSA) is 85.8 Å². The molecule has 0 aliphatic heterocycles. The van der Waals surface area contributed by atoms with Crippen LogP contribution in [0.25, 0.3) is 0 Å². The predicted molar refractivity (Wildman–Crippen MR) is 55.7 cm³/mol. The summed E-state index contributed by atoms with van der Waals surface area (Å²) in [6, 6.07) is 0. The number of hydrogen-bond donors (Lipinski definition) is 2. The van der Waals surface area contributed by atoms with Crippen molar-refractivity contribution < 1.29 is 4.79 Å². The van der Waals surface area contributed by atoms with E-state index in [1.54, 1.807) is 10.9 Å². The van der Waals surface area contributed by atoms with Gasteiger partial charge in [0.1, 0.15) is 5.69 Å². The summed E-state index contributed by atoms with van der Waals surface area (Å²) in [6.07, 6.45) is 3.87. The lowest BCUT2D eigenvalue weighted by Crippen LogP contribution is -2.20. The average molecular weight is 209 g/mol. The Kier molecular flexibility index (Phi) is 4.49. The minimum absolute atomic E-state index is 0.216. The highest BCUT2D eigenvalue weighted by Crippen LogP contribution is 1.93. The van der Waals surface area contributed by atoms with Gasteiger partial charge in [-0.05, 0) is 19.0 Å². The Labute approximate surface area is 88.1 Å². The third-order valence-electron chi connectivity index (χ3n) is 1.81. The van der Waals surface area contributed by atoms with Gasteiger partial charge in [0, 0.05) is 6.54 Å². The molecule has 0 aliphatic rings. The van der Waals surface area contributed by atoms with Crippen LogP contribution in [0.4, 0.5) is 0 Å². The summed E-state index contributed by atoms with van der Waals surface area (Å²) >= 11 is 0. The van der Waals surface area contributed by atoms with Crippen molar-refractivity contribution in [2.24, 2.45) is 5.73 Å². The average Bonchev–Trinajstić information content (AvgIpc) is 2.71. The number of aryl methyl sites for hydroxylation is 1. The first kappa shape index (κ1) is 11.4. The maximum Gasteiger partial charge on any atom is 0.243 e. The molecule has 6 nitrogen and oxygen atoms in total. The largest absolute Gasteiger partial charge is 0.347 e. The SMILES string of the molecule is C=CC(=O)NCc1cn(CCCN)nn1. The van der Waals surface area contributed by atoms with Crippen LogP contribution >= 0.6 is 0 Å². The van der Waals surface area contributed by atoms with E-state index < -0.39 is 0 Å². The predicted octanol–water partition coefficient (Wildman–Crippen LogP) is -0.571. The fourth-order valence-corrected chi connectivity index (χ4v) is 1.03. The smallest absolute Gasteiger partial charge is 0.243 e. The van der Waals surface area contributed by atoms with Gasteiger partial charge in [-0.3, -0.25) is 9.48 Å². The molecule has 82 valence electrons. The Morgan fingerprint density at radius 3 is 3.20 bits per heavy atom. The van der Waals surface area contributed by atoms with E-state index in [4.69, 9.17) is 5.73 Å². The number of carbonyl (C=O) groups is 1. The number of carbonyl (C=O) groups excluding carboxylic acids is 1. The second kappa shape index (κ2) is 5.92. The van der Waals surface area contributed by atoms with Crippen LogP contribution in [-0.2, 0) is 17.9 Å². The molecule has 1 aromatic rings. The number of hydrogen-bond acceptors (Lipinski definition) is 4. The van der Waals surface area contributed by atoms with Crippen LogP contribution in [0, 0.1) is 0 Å². The molecule has 15 heavy (non-hydrogen) atoms. The normalized spacial score (nSPS) is 9.93. The van der Waals surface area contributed by atoms with Crippen molar-refractivity contribution in [3.63, 3.8) is 0 Å². The Balaban J connectivity index is 2.38. The molecule has 0 aliphatic carbocycles. The molecule has 6 heteroatoms. The Morgan fingerprint density at radius 1 is 1.73 bits per heavy atom. The maximum absolute atomic E-state index is 10.9. The summed E-state index contributed by atoms with van der Waals surface area (Å²) in [5.41, 5.74) is 6.09. The van der Waals surface area contributed by atoms with Crippen LogP contribution in [0.3, 0.4) is 0 Å². The monoisotopic (exact) mass is 209 g/mol. The van der Waals surface area contributed by atoms with E-state index in [2.05, 4.69) is 22.2 Å². The molecule has 0 fully saturated rings. The van der Waals surface area contributed by atoms with Crippen molar-refractivity contribution in [3.8, 4) is 0 Å². The van der Waals surface area contributed by atoms with Crippen LogP contribution in [-0.4, -0.2) is 27.4 Å². The lowest BCUT2D eigenvalue weighted by molar-refractivity contribution is -0.116. The van der Waals surface area contributed by atoms with E-state index >= 15 is 0 Å². The van der Waals surface area contributed by atoms with Gasteiger partial charge >= 0.3 is 0 Å². The standard InChI is InChI=1S/C9H15N5O/c1-2-9(15)11-6-8-7-14(13-12-8)5-3-4-10/h2,7H,1,3-6,10H2,(H,11,15). The summed E-state index contributed by atoms with van der Waals surface area (Å²) < 4.78 is 1.71. The zero-order valence-electron chi connectivity index (χ0n) is 8.52. The van der Waals surface area contributed by atoms with Gasteiger partial charge in [0.2, 0.25) is 5.91 Å². The van der Waals surface area contributed by atoms with Gasteiger partial charge in [-0.15, -0.1) is 5.10 Å². The molecule has 0 atom stereocenters. The van der Waals surface area contributed by atoms with E-state index in [1.807, 2.05) is 0 Å². The first-order chi connectivity index (χ1) is 7.26. The number of nitrogens with zero attached hydrogens (tertiary/aromatic N) is 3. The lowest BCUT2D eigenvalue weighted by atomic mass is 10.4. The summed E-state index contributed by atoms with van der Waals surface area (Å²) in [7, 11) is 0. The molecular formula is C9H15N5O. The highest BCUT2D eigenvalue weighted by Gasteiger charge is 2.01. The minimum Gasteiger partial charge on any atom is -0.347 e. The highest BCUT2D eigenvalue weighted by atomic mass is 16.1. The van der Waals surface area contributed by atoms with Gasteiger partial charge in [-0.1, -0.05) is 11.8 Å². The molecular weight excluding hydrogens is 194 g/mol. The fourth-order valence-electron chi connectivity index (χ4n) is 1.03. The van der Waals surface area contributed by atoms with E-state index in [1.165, 1.54) is 6.08 Å². The zero-order valence-corrected chi connectivity index (χ0v) is 8.52. The quantitative estimate of drug-likeness (QED) is 0.614. The van der Waals surface area contributed by atoms with E-state index in [0.717, 1.165) is 18.7 Å². The second-order valence-electron chi connectivity index (χ2n) is 3.04.